The van der Waals surface area contributed by atoms with Crippen LogP contribution in [0.3, 0.4) is 0 Å². The van der Waals surface area contributed by atoms with Gasteiger partial charge in [-0.2, -0.15) is 0 Å². The molecule has 0 saturated carbocycles. The lowest BCUT2D eigenvalue weighted by Crippen LogP contribution is -2.02. The maximum atomic E-state index is 11.1. The van der Waals surface area contributed by atoms with Crippen molar-refractivity contribution in [3.05, 3.63) is 70.4 Å². The summed E-state index contributed by atoms with van der Waals surface area (Å²) in [5.74, 6) is 0.00579. The van der Waals surface area contributed by atoms with E-state index in [1.54, 1.807) is 0 Å². The molecule has 0 aliphatic heterocycles. The van der Waals surface area contributed by atoms with E-state index in [-0.39, 0.29) is 18.2 Å². The van der Waals surface area contributed by atoms with Crippen LogP contribution < -0.4 is 4.74 Å². The summed E-state index contributed by atoms with van der Waals surface area (Å²) in [4.78, 5) is 14.5. The van der Waals surface area contributed by atoms with Crippen molar-refractivity contribution >= 4 is 11.8 Å². The summed E-state index contributed by atoms with van der Waals surface area (Å²) in [5.41, 5.74) is 1.15. The molecule has 0 radical (unpaired) electrons. The van der Waals surface area contributed by atoms with Gasteiger partial charge in [-0.1, -0.05) is 43.0 Å². The van der Waals surface area contributed by atoms with Gasteiger partial charge in [0.1, 0.15) is 6.61 Å². The molecule has 0 atom stereocenters. The molecule has 1 heterocycles. The largest absolute Gasteiger partial charge is 0.468 e. The highest BCUT2D eigenvalue weighted by atomic mass is 16.6. The Bertz CT molecular complexity index is 597. The van der Waals surface area contributed by atoms with Gasteiger partial charge in [-0.15, -0.1) is 0 Å². The molecule has 0 aliphatic carbocycles. The van der Waals surface area contributed by atoms with Crippen molar-refractivity contribution in [1.82, 2.24) is 4.98 Å². The average molecular weight is 256 g/mol. The molecule has 0 spiro atoms. The minimum atomic E-state index is -0.510. The van der Waals surface area contributed by atoms with Gasteiger partial charge in [-0.3, -0.25) is 10.1 Å². The minimum Gasteiger partial charge on any atom is -0.468 e. The lowest BCUT2D eigenvalue weighted by Gasteiger charge is -2.07. The Hall–Kier alpha value is -2.69. The third-order valence-corrected chi connectivity index (χ3v) is 2.54. The highest BCUT2D eigenvalue weighted by Crippen LogP contribution is 2.29. The van der Waals surface area contributed by atoms with Gasteiger partial charge < -0.3 is 4.74 Å². The molecular weight excluding hydrogens is 244 g/mol. The first kappa shape index (κ1) is 12.8. The van der Waals surface area contributed by atoms with E-state index >= 15 is 0 Å². The van der Waals surface area contributed by atoms with E-state index in [0.29, 0.717) is 5.56 Å². The highest BCUT2D eigenvalue weighted by molar-refractivity contribution is 5.63. The molecule has 0 unspecified atom stereocenters. The van der Waals surface area contributed by atoms with Gasteiger partial charge in [-0.25, -0.2) is 4.98 Å². The first-order valence-corrected chi connectivity index (χ1v) is 5.65. The smallest absolute Gasteiger partial charge is 0.338 e. The molecule has 2 rings (SSSR count). The molecule has 96 valence electrons. The fourth-order valence-electron chi connectivity index (χ4n) is 1.63. The van der Waals surface area contributed by atoms with E-state index < -0.39 is 4.92 Å². The molecule has 0 saturated heterocycles. The van der Waals surface area contributed by atoms with Crippen LogP contribution in [0.4, 0.5) is 5.69 Å². The van der Waals surface area contributed by atoms with Gasteiger partial charge in [0, 0.05) is 6.20 Å². The van der Waals surface area contributed by atoms with Crippen LogP contribution >= 0.6 is 0 Å². The van der Waals surface area contributed by atoms with Crippen molar-refractivity contribution in [2.24, 2.45) is 0 Å². The quantitative estimate of drug-likeness (QED) is 0.608. The van der Waals surface area contributed by atoms with E-state index in [1.165, 1.54) is 18.3 Å². The maximum absolute atomic E-state index is 11.1. The van der Waals surface area contributed by atoms with E-state index in [0.717, 1.165) is 5.56 Å². The molecular formula is C14H12N2O3. The lowest BCUT2D eigenvalue weighted by molar-refractivity contribution is -0.386. The molecule has 2 aromatic rings. The van der Waals surface area contributed by atoms with Gasteiger partial charge in [-0.05, 0) is 11.6 Å². The van der Waals surface area contributed by atoms with Crippen LogP contribution in [0.2, 0.25) is 0 Å². The number of rotatable bonds is 5. The summed E-state index contributed by atoms with van der Waals surface area (Å²) in [6, 6.07) is 10.9. The van der Waals surface area contributed by atoms with Crippen molar-refractivity contribution in [3.63, 3.8) is 0 Å². The molecule has 0 amide bonds. The van der Waals surface area contributed by atoms with Crippen LogP contribution in [-0.2, 0) is 6.61 Å². The number of hydrogen-bond acceptors (Lipinski definition) is 4. The number of benzene rings is 1. The standard InChI is InChI=1S/C14H12N2O3/c1-2-12-8-9-15-14(13(12)16(17)18)19-10-11-6-4-3-5-7-11/h2-9H,1,10H2. The predicted molar refractivity (Wildman–Crippen MR) is 71.8 cm³/mol. The molecule has 1 aromatic heterocycles. The Balaban J connectivity index is 2.25. The van der Waals surface area contributed by atoms with Crippen molar-refractivity contribution < 1.29 is 9.66 Å². The number of ether oxygens (including phenoxy) is 1. The summed E-state index contributed by atoms with van der Waals surface area (Å²) in [6.45, 7) is 3.78. The summed E-state index contributed by atoms with van der Waals surface area (Å²) < 4.78 is 5.43. The molecule has 19 heavy (non-hydrogen) atoms. The molecule has 0 bridgehead atoms. The van der Waals surface area contributed by atoms with Crippen molar-refractivity contribution in [2.75, 3.05) is 0 Å². The average Bonchev–Trinajstić information content (AvgIpc) is 2.45. The number of nitrogens with zero attached hydrogens (tertiary/aromatic N) is 2. The second-order valence-corrected chi connectivity index (χ2v) is 3.79. The van der Waals surface area contributed by atoms with Gasteiger partial charge in [0.05, 0.1) is 10.5 Å². The summed E-state index contributed by atoms with van der Waals surface area (Å²) >= 11 is 0. The van der Waals surface area contributed by atoms with Gasteiger partial charge in [0.2, 0.25) is 0 Å². The number of pyridine rings is 1. The normalized spacial score (nSPS) is 9.89. The Kier molecular flexibility index (Phi) is 3.87. The summed E-state index contributed by atoms with van der Waals surface area (Å²) in [6.07, 6.45) is 2.87. The SMILES string of the molecule is C=Cc1ccnc(OCc2ccccc2)c1[N+](=O)[O-]. The molecule has 0 N–H and O–H groups in total. The van der Waals surface area contributed by atoms with Gasteiger partial charge in [0.25, 0.3) is 5.88 Å². The Morgan fingerprint density at radius 2 is 2.05 bits per heavy atom. The Labute approximate surface area is 110 Å². The molecule has 1 aromatic carbocycles. The second-order valence-electron chi connectivity index (χ2n) is 3.79. The molecule has 0 aliphatic rings. The zero-order valence-corrected chi connectivity index (χ0v) is 10.2. The van der Waals surface area contributed by atoms with Crippen LogP contribution in [0.15, 0.2) is 49.2 Å². The van der Waals surface area contributed by atoms with Crippen molar-refractivity contribution in [3.8, 4) is 5.88 Å². The predicted octanol–water partition coefficient (Wildman–Crippen LogP) is 3.21. The highest BCUT2D eigenvalue weighted by Gasteiger charge is 2.20. The molecule has 5 nitrogen and oxygen atoms in total. The minimum absolute atomic E-state index is 0.00579. The Morgan fingerprint density at radius 3 is 2.68 bits per heavy atom. The van der Waals surface area contributed by atoms with E-state index in [2.05, 4.69) is 11.6 Å². The summed E-state index contributed by atoms with van der Waals surface area (Å²) in [7, 11) is 0. The summed E-state index contributed by atoms with van der Waals surface area (Å²) in [5, 5.41) is 11.1. The van der Waals surface area contributed by atoms with E-state index in [9.17, 15) is 10.1 Å². The van der Waals surface area contributed by atoms with Crippen LogP contribution in [0.5, 0.6) is 5.88 Å². The van der Waals surface area contributed by atoms with Gasteiger partial charge >= 0.3 is 5.69 Å². The zero-order valence-electron chi connectivity index (χ0n) is 10.2. The Morgan fingerprint density at radius 1 is 1.32 bits per heavy atom. The molecule has 5 heteroatoms. The van der Waals surface area contributed by atoms with Gasteiger partial charge in [0.15, 0.2) is 0 Å². The van der Waals surface area contributed by atoms with E-state index in [1.807, 2.05) is 30.3 Å². The lowest BCUT2D eigenvalue weighted by atomic mass is 10.2. The van der Waals surface area contributed by atoms with Crippen molar-refractivity contribution in [2.45, 2.75) is 6.61 Å². The van der Waals surface area contributed by atoms with Crippen LogP contribution in [0.1, 0.15) is 11.1 Å². The van der Waals surface area contributed by atoms with Crippen LogP contribution in [0, 0.1) is 10.1 Å². The number of nitro groups is 1. The topological polar surface area (TPSA) is 65.3 Å². The first-order valence-electron chi connectivity index (χ1n) is 5.65. The first-order chi connectivity index (χ1) is 9.22. The number of hydrogen-bond donors (Lipinski definition) is 0. The maximum Gasteiger partial charge on any atom is 0.338 e. The van der Waals surface area contributed by atoms with Crippen molar-refractivity contribution in [1.29, 1.82) is 0 Å². The van der Waals surface area contributed by atoms with E-state index in [4.69, 9.17) is 4.74 Å². The second kappa shape index (κ2) is 5.77. The zero-order chi connectivity index (χ0) is 13.7. The fraction of sp³-hybridized carbons (Fsp3) is 0.0714. The fourth-order valence-corrected chi connectivity index (χ4v) is 1.63. The third kappa shape index (κ3) is 2.95. The molecule has 0 fully saturated rings. The third-order valence-electron chi connectivity index (χ3n) is 2.54. The van der Waals surface area contributed by atoms with Crippen LogP contribution in [0.25, 0.3) is 6.08 Å². The monoisotopic (exact) mass is 256 g/mol. The van der Waals surface area contributed by atoms with Crippen LogP contribution in [-0.4, -0.2) is 9.91 Å². The number of aromatic nitrogens is 1.